The van der Waals surface area contributed by atoms with Crippen molar-refractivity contribution in [3.8, 4) is 0 Å². The molecule has 0 N–H and O–H groups in total. The number of fused-ring (bicyclic) bond motifs is 4. The number of methoxy groups -OCH3 is 1. The van der Waals surface area contributed by atoms with E-state index in [2.05, 4.69) is 0 Å². The molecule has 2 aromatic rings. The standard InChI is InChI=1S/C29H32O11/c1-16(30)36-23-21(33-13-17-9-5-3-6-10-17)25(34-14-18-11-7-4-8-12-18)29(40-24(23)27(31)32-2)39-20-19-15-35-28(37-19)26-22(20)38-26/h3-12,19-26,28-29H,13-15H2,1-2H3. The molecule has 4 aliphatic rings. The van der Waals surface area contributed by atoms with Crippen molar-refractivity contribution >= 4 is 11.9 Å². The molecular formula is C29H32O11. The van der Waals surface area contributed by atoms with Crippen LogP contribution >= 0.6 is 0 Å². The van der Waals surface area contributed by atoms with E-state index in [1.54, 1.807) is 0 Å². The lowest BCUT2D eigenvalue weighted by Crippen LogP contribution is -2.64. The van der Waals surface area contributed by atoms with Gasteiger partial charge in [0.15, 0.2) is 24.8 Å². The molecule has 0 amide bonds. The first kappa shape index (κ1) is 27.3. The summed E-state index contributed by atoms with van der Waals surface area (Å²) in [6, 6.07) is 19.1. The number of esters is 2. The van der Waals surface area contributed by atoms with Crippen molar-refractivity contribution in [3.63, 3.8) is 0 Å². The molecule has 11 heteroatoms. The number of hydrogen-bond acceptors (Lipinski definition) is 11. The van der Waals surface area contributed by atoms with Gasteiger partial charge in [0.2, 0.25) is 0 Å². The Balaban J connectivity index is 1.32. The Hall–Kier alpha value is -2.90. The maximum absolute atomic E-state index is 12.9. The van der Waals surface area contributed by atoms with Crippen molar-refractivity contribution in [3.05, 3.63) is 71.8 Å². The lowest BCUT2D eigenvalue weighted by molar-refractivity contribution is -0.330. The lowest BCUT2D eigenvalue weighted by Gasteiger charge is -2.45. The van der Waals surface area contributed by atoms with Crippen LogP contribution in [0.15, 0.2) is 60.7 Å². The molecule has 214 valence electrons. The van der Waals surface area contributed by atoms with Crippen LogP contribution in [-0.4, -0.2) is 87.1 Å². The summed E-state index contributed by atoms with van der Waals surface area (Å²) in [7, 11) is 1.23. The molecule has 40 heavy (non-hydrogen) atoms. The van der Waals surface area contributed by atoms with E-state index in [-0.39, 0.29) is 31.5 Å². The fourth-order valence-corrected chi connectivity index (χ4v) is 5.38. The highest BCUT2D eigenvalue weighted by Gasteiger charge is 2.64. The van der Waals surface area contributed by atoms with E-state index in [9.17, 15) is 9.59 Å². The topological polar surface area (TPSA) is 121 Å². The molecular weight excluding hydrogens is 524 g/mol. The van der Waals surface area contributed by atoms with Crippen LogP contribution < -0.4 is 0 Å². The monoisotopic (exact) mass is 556 g/mol. The molecule has 0 aliphatic carbocycles. The summed E-state index contributed by atoms with van der Waals surface area (Å²) in [6.45, 7) is 1.95. The summed E-state index contributed by atoms with van der Waals surface area (Å²) < 4.78 is 53.4. The smallest absolute Gasteiger partial charge is 0.339 e. The average molecular weight is 557 g/mol. The molecule has 0 saturated carbocycles. The Bertz CT molecular complexity index is 1160. The van der Waals surface area contributed by atoms with Gasteiger partial charge in [0.1, 0.15) is 36.6 Å². The zero-order valence-corrected chi connectivity index (χ0v) is 22.2. The van der Waals surface area contributed by atoms with Crippen molar-refractivity contribution in [2.45, 2.75) is 81.5 Å². The lowest BCUT2D eigenvalue weighted by atomic mass is 9.97. The van der Waals surface area contributed by atoms with Gasteiger partial charge in [-0.25, -0.2) is 4.79 Å². The molecule has 11 nitrogen and oxygen atoms in total. The van der Waals surface area contributed by atoms with Gasteiger partial charge in [-0.1, -0.05) is 60.7 Å². The number of benzene rings is 2. The van der Waals surface area contributed by atoms with Crippen molar-refractivity contribution in [2.75, 3.05) is 13.7 Å². The van der Waals surface area contributed by atoms with Gasteiger partial charge in [0.25, 0.3) is 0 Å². The van der Waals surface area contributed by atoms with Gasteiger partial charge < -0.3 is 42.6 Å². The highest BCUT2D eigenvalue weighted by Crippen LogP contribution is 2.44. The van der Waals surface area contributed by atoms with Gasteiger partial charge >= 0.3 is 11.9 Å². The van der Waals surface area contributed by atoms with E-state index >= 15 is 0 Å². The highest BCUT2D eigenvalue weighted by molar-refractivity contribution is 5.76. The van der Waals surface area contributed by atoms with Crippen molar-refractivity contribution in [1.29, 1.82) is 0 Å². The Morgan fingerprint density at radius 3 is 2.08 bits per heavy atom. The predicted molar refractivity (Wildman–Crippen MR) is 134 cm³/mol. The first-order valence-electron chi connectivity index (χ1n) is 13.3. The first-order valence-corrected chi connectivity index (χ1v) is 13.3. The summed E-state index contributed by atoms with van der Waals surface area (Å²) in [5.41, 5.74) is 1.79. The number of carbonyl (C=O) groups is 2. The minimum absolute atomic E-state index is 0.160. The molecule has 6 rings (SSSR count). The molecule has 0 spiro atoms. The number of ether oxygens (including phenoxy) is 9. The Morgan fingerprint density at radius 1 is 0.800 bits per heavy atom. The van der Waals surface area contributed by atoms with Crippen molar-refractivity contribution in [1.82, 2.24) is 0 Å². The molecule has 10 atom stereocenters. The van der Waals surface area contributed by atoms with Crippen LogP contribution in [0.25, 0.3) is 0 Å². The van der Waals surface area contributed by atoms with Gasteiger partial charge in [0, 0.05) is 6.92 Å². The Morgan fingerprint density at radius 2 is 1.45 bits per heavy atom. The Kier molecular flexibility index (Phi) is 8.12. The van der Waals surface area contributed by atoms with Crippen LogP contribution in [0.1, 0.15) is 18.1 Å². The second kappa shape index (κ2) is 11.9. The third-order valence-electron chi connectivity index (χ3n) is 7.35. The van der Waals surface area contributed by atoms with Crippen molar-refractivity contribution in [2.24, 2.45) is 0 Å². The van der Waals surface area contributed by atoms with E-state index in [1.807, 2.05) is 60.7 Å². The summed E-state index contributed by atoms with van der Waals surface area (Å²) in [5, 5.41) is 0. The highest BCUT2D eigenvalue weighted by atomic mass is 16.8. The van der Waals surface area contributed by atoms with Crippen LogP contribution in [0, 0.1) is 0 Å². The quantitative estimate of drug-likeness (QED) is 0.315. The zero-order valence-electron chi connectivity index (χ0n) is 22.2. The minimum atomic E-state index is -1.33. The molecule has 2 bridgehead atoms. The van der Waals surface area contributed by atoms with Crippen molar-refractivity contribution < 1.29 is 52.2 Å². The maximum atomic E-state index is 12.9. The van der Waals surface area contributed by atoms with E-state index in [1.165, 1.54) is 14.0 Å². The molecule has 4 aliphatic heterocycles. The fourth-order valence-electron chi connectivity index (χ4n) is 5.38. The summed E-state index contributed by atoms with van der Waals surface area (Å²) in [5.74, 6) is -1.35. The van der Waals surface area contributed by atoms with Gasteiger partial charge in [0.05, 0.1) is 26.9 Å². The summed E-state index contributed by atoms with van der Waals surface area (Å²) >= 11 is 0. The predicted octanol–water partition coefficient (Wildman–Crippen LogP) is 1.89. The van der Waals surface area contributed by atoms with Crippen LogP contribution in [0.2, 0.25) is 0 Å². The number of epoxide rings is 1. The molecule has 4 saturated heterocycles. The second-order valence-corrected chi connectivity index (χ2v) is 10.1. The molecule has 2 aromatic carbocycles. The Labute approximate surface area is 231 Å². The minimum Gasteiger partial charge on any atom is -0.467 e. The third-order valence-corrected chi connectivity index (χ3v) is 7.35. The van der Waals surface area contributed by atoms with Gasteiger partial charge in [-0.2, -0.15) is 0 Å². The van der Waals surface area contributed by atoms with E-state index in [4.69, 9.17) is 42.6 Å². The van der Waals surface area contributed by atoms with Gasteiger partial charge in [-0.3, -0.25) is 4.79 Å². The normalized spacial score (nSPS) is 36.0. The second-order valence-electron chi connectivity index (χ2n) is 10.1. The van der Waals surface area contributed by atoms with E-state index < -0.39 is 55.0 Å². The van der Waals surface area contributed by atoms with Crippen LogP contribution in [0.4, 0.5) is 0 Å². The van der Waals surface area contributed by atoms with Crippen LogP contribution in [0.5, 0.6) is 0 Å². The third kappa shape index (κ3) is 5.77. The molecule has 10 unspecified atom stereocenters. The zero-order chi connectivity index (χ0) is 27.6. The molecule has 4 heterocycles. The maximum Gasteiger partial charge on any atom is 0.339 e. The van der Waals surface area contributed by atoms with E-state index in [0.29, 0.717) is 6.61 Å². The first-order chi connectivity index (χ1) is 19.5. The fraction of sp³-hybridized carbons (Fsp3) is 0.517. The molecule has 0 aromatic heterocycles. The SMILES string of the molecule is COC(=O)C1OC(OC2C3COC(O3)C3OC23)C(OCc2ccccc2)C(OCc2ccccc2)C1OC(C)=O. The molecule has 4 fully saturated rings. The van der Waals surface area contributed by atoms with Crippen LogP contribution in [-0.2, 0) is 65.4 Å². The van der Waals surface area contributed by atoms with Crippen LogP contribution in [0.3, 0.4) is 0 Å². The average Bonchev–Trinajstić information content (AvgIpc) is 3.66. The number of carbonyl (C=O) groups excluding carboxylic acids is 2. The number of hydrogen-bond donors (Lipinski definition) is 0. The largest absolute Gasteiger partial charge is 0.467 e. The summed E-state index contributed by atoms with van der Waals surface area (Å²) in [4.78, 5) is 25.1. The summed E-state index contributed by atoms with van der Waals surface area (Å²) in [6.07, 6.45) is -7.27. The molecule has 0 radical (unpaired) electrons. The van der Waals surface area contributed by atoms with E-state index in [0.717, 1.165) is 11.1 Å². The number of rotatable bonds is 10. The van der Waals surface area contributed by atoms with Gasteiger partial charge in [-0.05, 0) is 11.1 Å². The van der Waals surface area contributed by atoms with Gasteiger partial charge in [-0.15, -0.1) is 0 Å².